The highest BCUT2D eigenvalue weighted by Crippen LogP contribution is 2.15. The normalized spacial score (nSPS) is 12.4. The quantitative estimate of drug-likeness (QED) is 0.768. The maximum absolute atomic E-state index is 11.4. The van der Waals surface area contributed by atoms with Crippen molar-refractivity contribution in [2.24, 2.45) is 0 Å². The first-order chi connectivity index (χ1) is 8.67. The Morgan fingerprint density at radius 2 is 2.22 bits per heavy atom. The molecule has 18 heavy (non-hydrogen) atoms. The lowest BCUT2D eigenvalue weighted by molar-refractivity contribution is 0.217. The Hall–Kier alpha value is -1.52. The number of urea groups is 1. The van der Waals surface area contributed by atoms with Gasteiger partial charge in [0.25, 0.3) is 0 Å². The van der Waals surface area contributed by atoms with Gasteiger partial charge in [-0.25, -0.2) is 4.79 Å². The number of aliphatic hydroxyl groups is 1. The summed E-state index contributed by atoms with van der Waals surface area (Å²) >= 11 is 5.96. The van der Waals surface area contributed by atoms with Crippen LogP contribution >= 0.6 is 11.6 Å². The SMILES string of the molecule is CCC(CO)NC(=O)N/C=C/c1ccccc1Cl. The zero-order valence-electron chi connectivity index (χ0n) is 10.2. The Bertz CT molecular complexity index is 417. The van der Waals surface area contributed by atoms with Crippen LogP contribution < -0.4 is 10.6 Å². The maximum atomic E-state index is 11.4. The van der Waals surface area contributed by atoms with E-state index in [1.54, 1.807) is 12.1 Å². The molecule has 1 unspecified atom stereocenters. The fourth-order valence-electron chi connectivity index (χ4n) is 1.32. The zero-order valence-corrected chi connectivity index (χ0v) is 10.9. The molecular formula is C13H17ClN2O2. The Morgan fingerprint density at radius 3 is 2.83 bits per heavy atom. The largest absolute Gasteiger partial charge is 0.394 e. The summed E-state index contributed by atoms with van der Waals surface area (Å²) in [6.45, 7) is 1.82. The van der Waals surface area contributed by atoms with E-state index in [9.17, 15) is 4.79 Å². The molecule has 0 aliphatic carbocycles. The van der Waals surface area contributed by atoms with E-state index in [0.717, 1.165) is 5.56 Å². The Labute approximate surface area is 112 Å². The van der Waals surface area contributed by atoms with Crippen molar-refractivity contribution in [2.75, 3.05) is 6.61 Å². The molecule has 0 aromatic heterocycles. The standard InChI is InChI=1S/C13H17ClN2O2/c1-2-11(9-17)16-13(18)15-8-7-10-5-3-4-6-12(10)14/h3-8,11,17H,2,9H2,1H3,(H2,15,16,18)/b8-7+. The third-order valence-electron chi connectivity index (χ3n) is 2.43. The number of carbonyl (C=O) groups excluding carboxylic acids is 1. The molecule has 5 heteroatoms. The van der Waals surface area contributed by atoms with Crippen LogP contribution in [0.15, 0.2) is 30.5 Å². The van der Waals surface area contributed by atoms with Crippen LogP contribution in [0.5, 0.6) is 0 Å². The zero-order chi connectivity index (χ0) is 13.4. The molecule has 98 valence electrons. The molecular weight excluding hydrogens is 252 g/mol. The maximum Gasteiger partial charge on any atom is 0.319 e. The van der Waals surface area contributed by atoms with E-state index < -0.39 is 0 Å². The van der Waals surface area contributed by atoms with Gasteiger partial charge in [0.15, 0.2) is 0 Å². The number of halogens is 1. The van der Waals surface area contributed by atoms with Crippen LogP contribution in [0.1, 0.15) is 18.9 Å². The van der Waals surface area contributed by atoms with Crippen LogP contribution in [0.25, 0.3) is 6.08 Å². The molecule has 0 heterocycles. The molecule has 0 aliphatic rings. The van der Waals surface area contributed by atoms with Crippen LogP contribution in [0.3, 0.4) is 0 Å². The second-order valence-corrected chi connectivity index (χ2v) is 4.17. The molecule has 0 aliphatic heterocycles. The minimum atomic E-state index is -0.348. The summed E-state index contributed by atoms with van der Waals surface area (Å²) in [7, 11) is 0. The van der Waals surface area contributed by atoms with Crippen LogP contribution in [0.4, 0.5) is 4.79 Å². The van der Waals surface area contributed by atoms with E-state index >= 15 is 0 Å². The average molecular weight is 269 g/mol. The first kappa shape index (κ1) is 14.5. The summed E-state index contributed by atoms with van der Waals surface area (Å²) in [5.74, 6) is 0. The van der Waals surface area contributed by atoms with E-state index in [2.05, 4.69) is 10.6 Å². The molecule has 0 fully saturated rings. The van der Waals surface area contributed by atoms with Crippen molar-refractivity contribution in [1.82, 2.24) is 10.6 Å². The first-order valence-electron chi connectivity index (χ1n) is 5.76. The molecule has 1 atom stereocenters. The summed E-state index contributed by atoms with van der Waals surface area (Å²) in [4.78, 5) is 11.4. The van der Waals surface area contributed by atoms with Gasteiger partial charge < -0.3 is 15.7 Å². The predicted octanol–water partition coefficient (Wildman–Crippen LogP) is 2.38. The molecule has 0 bridgehead atoms. The van der Waals surface area contributed by atoms with Crippen molar-refractivity contribution in [3.05, 3.63) is 41.1 Å². The Morgan fingerprint density at radius 1 is 1.50 bits per heavy atom. The minimum Gasteiger partial charge on any atom is -0.394 e. The van der Waals surface area contributed by atoms with E-state index in [0.29, 0.717) is 11.4 Å². The molecule has 3 N–H and O–H groups in total. The van der Waals surface area contributed by atoms with Crippen LogP contribution in [0.2, 0.25) is 5.02 Å². The second-order valence-electron chi connectivity index (χ2n) is 3.76. The van der Waals surface area contributed by atoms with Crippen LogP contribution in [0, 0.1) is 0 Å². The average Bonchev–Trinajstić information content (AvgIpc) is 2.38. The van der Waals surface area contributed by atoms with Crippen molar-refractivity contribution < 1.29 is 9.90 Å². The Balaban J connectivity index is 2.45. The van der Waals surface area contributed by atoms with E-state index in [1.165, 1.54) is 6.20 Å². The second kappa shape index (κ2) is 7.74. The third-order valence-corrected chi connectivity index (χ3v) is 2.78. The van der Waals surface area contributed by atoms with Crippen LogP contribution in [-0.4, -0.2) is 23.8 Å². The van der Waals surface area contributed by atoms with Gasteiger partial charge in [-0.05, 0) is 24.1 Å². The predicted molar refractivity (Wildman–Crippen MR) is 73.3 cm³/mol. The van der Waals surface area contributed by atoms with E-state index in [-0.39, 0.29) is 18.7 Å². The molecule has 1 rings (SSSR count). The third kappa shape index (κ3) is 4.77. The molecule has 0 saturated carbocycles. The number of rotatable bonds is 5. The van der Waals surface area contributed by atoms with Crippen molar-refractivity contribution in [3.8, 4) is 0 Å². The number of hydrogen-bond donors (Lipinski definition) is 3. The topological polar surface area (TPSA) is 61.4 Å². The van der Waals surface area contributed by atoms with Crippen molar-refractivity contribution in [2.45, 2.75) is 19.4 Å². The number of nitrogens with one attached hydrogen (secondary N) is 2. The van der Waals surface area contributed by atoms with Gasteiger partial charge in [0.2, 0.25) is 0 Å². The van der Waals surface area contributed by atoms with Gasteiger partial charge >= 0.3 is 6.03 Å². The molecule has 0 radical (unpaired) electrons. The van der Waals surface area contributed by atoms with Gasteiger partial charge in [-0.3, -0.25) is 0 Å². The van der Waals surface area contributed by atoms with Crippen LogP contribution in [-0.2, 0) is 0 Å². The van der Waals surface area contributed by atoms with Gasteiger partial charge in [-0.15, -0.1) is 0 Å². The fraction of sp³-hybridized carbons (Fsp3) is 0.308. The van der Waals surface area contributed by atoms with Crippen molar-refractivity contribution in [3.63, 3.8) is 0 Å². The lowest BCUT2D eigenvalue weighted by Gasteiger charge is -2.13. The van der Waals surface area contributed by atoms with E-state index in [4.69, 9.17) is 16.7 Å². The van der Waals surface area contributed by atoms with Gasteiger partial charge in [-0.1, -0.05) is 36.7 Å². The summed E-state index contributed by atoms with van der Waals surface area (Å²) < 4.78 is 0. The molecule has 1 aromatic rings. The summed E-state index contributed by atoms with van der Waals surface area (Å²) in [5.41, 5.74) is 0.827. The lowest BCUT2D eigenvalue weighted by atomic mass is 10.2. The monoisotopic (exact) mass is 268 g/mol. The number of benzene rings is 1. The summed E-state index contributed by atoms with van der Waals surface area (Å²) in [6, 6.07) is 6.76. The van der Waals surface area contributed by atoms with E-state index in [1.807, 2.05) is 25.1 Å². The molecule has 1 aromatic carbocycles. The summed E-state index contributed by atoms with van der Waals surface area (Å²) in [5, 5.41) is 14.7. The van der Waals surface area contributed by atoms with Crippen molar-refractivity contribution >= 4 is 23.7 Å². The number of amides is 2. The first-order valence-corrected chi connectivity index (χ1v) is 6.14. The molecule has 2 amide bonds. The van der Waals surface area contributed by atoms with Gasteiger partial charge in [0, 0.05) is 11.2 Å². The van der Waals surface area contributed by atoms with Gasteiger partial charge in [0.1, 0.15) is 0 Å². The lowest BCUT2D eigenvalue weighted by Crippen LogP contribution is -2.41. The fourth-order valence-corrected chi connectivity index (χ4v) is 1.52. The van der Waals surface area contributed by atoms with Gasteiger partial charge in [-0.2, -0.15) is 0 Å². The number of hydrogen-bond acceptors (Lipinski definition) is 2. The van der Waals surface area contributed by atoms with Crippen molar-refractivity contribution in [1.29, 1.82) is 0 Å². The van der Waals surface area contributed by atoms with Gasteiger partial charge in [0.05, 0.1) is 12.6 Å². The smallest absolute Gasteiger partial charge is 0.319 e. The Kier molecular flexibility index (Phi) is 6.25. The highest BCUT2D eigenvalue weighted by Gasteiger charge is 2.06. The highest BCUT2D eigenvalue weighted by atomic mass is 35.5. The number of aliphatic hydroxyl groups excluding tert-OH is 1. The molecule has 0 saturated heterocycles. The highest BCUT2D eigenvalue weighted by molar-refractivity contribution is 6.32. The molecule has 4 nitrogen and oxygen atoms in total. The summed E-state index contributed by atoms with van der Waals surface area (Å²) in [6.07, 6.45) is 3.90. The molecule has 0 spiro atoms. The number of carbonyl (C=O) groups is 1. The minimum absolute atomic E-state index is 0.0713.